The summed E-state index contributed by atoms with van der Waals surface area (Å²) in [6.07, 6.45) is 0. The molecular weight excluding hydrogens is 388 g/mol. The number of fused-ring (bicyclic) bond motifs is 1. The van der Waals surface area contributed by atoms with Crippen molar-refractivity contribution in [2.24, 2.45) is 0 Å². The first-order valence-electron chi connectivity index (χ1n) is 7.17. The molecule has 4 nitrogen and oxygen atoms in total. The molecule has 0 saturated carbocycles. The van der Waals surface area contributed by atoms with Crippen LogP contribution >= 0.6 is 28.3 Å². The molecule has 0 aliphatic rings. The van der Waals surface area contributed by atoms with Gasteiger partial charge < -0.3 is 14.5 Å². The molecule has 2 heterocycles. The predicted octanol–water partition coefficient (Wildman–Crippen LogP) is 5.89. The molecule has 0 bridgehead atoms. The van der Waals surface area contributed by atoms with Gasteiger partial charge in [0.15, 0.2) is 10.9 Å². The summed E-state index contributed by atoms with van der Waals surface area (Å²) in [6, 6.07) is 17.7. The van der Waals surface area contributed by atoms with E-state index in [-0.39, 0.29) is 17.0 Å². The summed E-state index contributed by atoms with van der Waals surface area (Å²) >= 11 is 1.55. The smallest absolute Gasteiger partial charge is 0.187 e. The SMILES string of the molecule is Br.COc1ccc(Nc2nc(-c3cc4ccccc4o3)cs2)cc1. The Balaban J connectivity index is 0.00000169. The number of nitrogens with zero attached hydrogens (tertiary/aromatic N) is 1. The Morgan fingerprint density at radius 1 is 1.08 bits per heavy atom. The molecule has 4 rings (SSSR count). The van der Waals surface area contributed by atoms with Crippen LogP contribution in [0.25, 0.3) is 22.4 Å². The van der Waals surface area contributed by atoms with E-state index in [0.717, 1.165) is 39.0 Å². The maximum atomic E-state index is 5.85. The third kappa shape index (κ3) is 3.29. The maximum Gasteiger partial charge on any atom is 0.187 e. The van der Waals surface area contributed by atoms with Crippen LogP contribution in [-0.2, 0) is 0 Å². The zero-order valence-corrected chi connectivity index (χ0v) is 15.4. The first kappa shape index (κ1) is 16.5. The molecule has 1 N–H and O–H groups in total. The van der Waals surface area contributed by atoms with Crippen LogP contribution in [0, 0.1) is 0 Å². The van der Waals surface area contributed by atoms with E-state index in [1.807, 2.05) is 60.0 Å². The normalized spacial score (nSPS) is 10.4. The molecule has 0 atom stereocenters. The van der Waals surface area contributed by atoms with Gasteiger partial charge in [0.2, 0.25) is 0 Å². The summed E-state index contributed by atoms with van der Waals surface area (Å²) in [6.45, 7) is 0. The second-order valence-corrected chi connectivity index (χ2v) is 5.90. The van der Waals surface area contributed by atoms with Gasteiger partial charge in [-0.05, 0) is 36.4 Å². The van der Waals surface area contributed by atoms with Crippen LogP contribution in [0.2, 0.25) is 0 Å². The Morgan fingerprint density at radius 3 is 2.62 bits per heavy atom. The van der Waals surface area contributed by atoms with E-state index in [1.165, 1.54) is 0 Å². The Hall–Kier alpha value is -2.31. The van der Waals surface area contributed by atoms with Gasteiger partial charge in [-0.25, -0.2) is 4.98 Å². The van der Waals surface area contributed by atoms with Gasteiger partial charge in [-0.15, -0.1) is 28.3 Å². The molecule has 122 valence electrons. The molecule has 0 fully saturated rings. The van der Waals surface area contributed by atoms with Gasteiger partial charge in [-0.1, -0.05) is 18.2 Å². The number of rotatable bonds is 4. The number of thiazole rings is 1. The summed E-state index contributed by atoms with van der Waals surface area (Å²) in [7, 11) is 1.66. The highest BCUT2D eigenvalue weighted by Gasteiger charge is 2.10. The Bertz CT molecular complexity index is 914. The Morgan fingerprint density at radius 2 is 1.88 bits per heavy atom. The first-order valence-corrected chi connectivity index (χ1v) is 8.05. The highest BCUT2D eigenvalue weighted by molar-refractivity contribution is 8.93. The molecule has 2 aromatic heterocycles. The molecule has 0 spiro atoms. The average molecular weight is 403 g/mol. The maximum absolute atomic E-state index is 5.85. The summed E-state index contributed by atoms with van der Waals surface area (Å²) in [5.74, 6) is 1.61. The van der Waals surface area contributed by atoms with E-state index in [2.05, 4.69) is 10.3 Å². The van der Waals surface area contributed by atoms with Crippen LogP contribution in [0.3, 0.4) is 0 Å². The van der Waals surface area contributed by atoms with E-state index in [0.29, 0.717) is 0 Å². The number of para-hydroxylation sites is 1. The number of hydrogen-bond acceptors (Lipinski definition) is 5. The van der Waals surface area contributed by atoms with Gasteiger partial charge in [0.05, 0.1) is 7.11 Å². The number of nitrogens with one attached hydrogen (secondary N) is 1. The molecule has 0 radical (unpaired) electrons. The quantitative estimate of drug-likeness (QED) is 0.462. The van der Waals surface area contributed by atoms with Gasteiger partial charge >= 0.3 is 0 Å². The lowest BCUT2D eigenvalue weighted by Gasteiger charge is -2.03. The molecular formula is C18H15BrN2O2S. The monoisotopic (exact) mass is 402 g/mol. The minimum Gasteiger partial charge on any atom is -0.497 e. The van der Waals surface area contributed by atoms with Crippen molar-refractivity contribution in [3.63, 3.8) is 0 Å². The minimum absolute atomic E-state index is 0. The summed E-state index contributed by atoms with van der Waals surface area (Å²) < 4.78 is 11.0. The molecule has 24 heavy (non-hydrogen) atoms. The summed E-state index contributed by atoms with van der Waals surface area (Å²) in [5.41, 5.74) is 2.68. The van der Waals surface area contributed by atoms with Crippen LogP contribution in [0.15, 0.2) is 64.4 Å². The predicted molar refractivity (Wildman–Crippen MR) is 104 cm³/mol. The molecule has 0 aliphatic carbocycles. The third-order valence-corrected chi connectivity index (χ3v) is 4.28. The third-order valence-electron chi connectivity index (χ3n) is 3.52. The highest BCUT2D eigenvalue weighted by Crippen LogP contribution is 2.31. The standard InChI is InChI=1S/C18H14N2O2S.BrH/c1-21-14-8-6-13(7-9-14)19-18-20-15(11-23-18)17-10-12-4-2-3-5-16(12)22-17;/h2-11H,1H3,(H,19,20);1H. The number of aromatic nitrogens is 1. The lowest BCUT2D eigenvalue weighted by molar-refractivity contribution is 0.415. The molecule has 2 aromatic carbocycles. The van der Waals surface area contributed by atoms with Crippen molar-refractivity contribution in [1.82, 2.24) is 4.98 Å². The Labute approximate surface area is 153 Å². The van der Waals surface area contributed by atoms with Gasteiger partial charge in [0.25, 0.3) is 0 Å². The van der Waals surface area contributed by atoms with Crippen molar-refractivity contribution in [3.8, 4) is 17.2 Å². The van der Waals surface area contributed by atoms with E-state index < -0.39 is 0 Å². The number of hydrogen-bond donors (Lipinski definition) is 1. The second-order valence-electron chi connectivity index (χ2n) is 5.04. The largest absolute Gasteiger partial charge is 0.497 e. The molecule has 0 saturated heterocycles. The number of benzene rings is 2. The van der Waals surface area contributed by atoms with Crippen molar-refractivity contribution < 1.29 is 9.15 Å². The van der Waals surface area contributed by atoms with E-state index in [9.17, 15) is 0 Å². The van der Waals surface area contributed by atoms with Gasteiger partial charge in [-0.2, -0.15) is 0 Å². The minimum atomic E-state index is 0. The lowest BCUT2D eigenvalue weighted by Crippen LogP contribution is -1.89. The van der Waals surface area contributed by atoms with Crippen molar-refractivity contribution in [1.29, 1.82) is 0 Å². The zero-order chi connectivity index (χ0) is 15.6. The van der Waals surface area contributed by atoms with Gasteiger partial charge in [-0.3, -0.25) is 0 Å². The molecule has 0 amide bonds. The van der Waals surface area contributed by atoms with Crippen molar-refractivity contribution in [2.45, 2.75) is 0 Å². The molecule has 6 heteroatoms. The van der Waals surface area contributed by atoms with Gasteiger partial charge in [0.1, 0.15) is 17.0 Å². The number of ether oxygens (including phenoxy) is 1. The van der Waals surface area contributed by atoms with Crippen LogP contribution in [-0.4, -0.2) is 12.1 Å². The lowest BCUT2D eigenvalue weighted by atomic mass is 10.2. The van der Waals surface area contributed by atoms with E-state index >= 15 is 0 Å². The van der Waals surface area contributed by atoms with Crippen molar-refractivity contribution >= 4 is 50.1 Å². The van der Waals surface area contributed by atoms with Crippen molar-refractivity contribution in [2.75, 3.05) is 12.4 Å². The first-order chi connectivity index (χ1) is 11.3. The fourth-order valence-corrected chi connectivity index (χ4v) is 3.07. The summed E-state index contributed by atoms with van der Waals surface area (Å²) in [4.78, 5) is 4.60. The van der Waals surface area contributed by atoms with Crippen LogP contribution in [0.1, 0.15) is 0 Å². The van der Waals surface area contributed by atoms with Crippen LogP contribution in [0.4, 0.5) is 10.8 Å². The molecule has 4 aromatic rings. The van der Waals surface area contributed by atoms with Gasteiger partial charge in [0, 0.05) is 16.5 Å². The second kappa shape index (κ2) is 7.07. The average Bonchev–Trinajstić information content (AvgIpc) is 3.21. The van der Waals surface area contributed by atoms with Crippen molar-refractivity contribution in [3.05, 3.63) is 60.0 Å². The van der Waals surface area contributed by atoms with E-state index in [4.69, 9.17) is 9.15 Å². The topological polar surface area (TPSA) is 47.3 Å². The van der Waals surface area contributed by atoms with Crippen LogP contribution in [0.5, 0.6) is 5.75 Å². The highest BCUT2D eigenvalue weighted by atomic mass is 79.9. The summed E-state index contributed by atoms with van der Waals surface area (Å²) in [5, 5.41) is 7.19. The number of halogens is 1. The molecule has 0 unspecified atom stereocenters. The van der Waals surface area contributed by atoms with Crippen LogP contribution < -0.4 is 10.1 Å². The Kier molecular flexibility index (Phi) is 4.87. The fraction of sp³-hybridized carbons (Fsp3) is 0.0556. The molecule has 0 aliphatic heterocycles. The number of furan rings is 1. The zero-order valence-electron chi connectivity index (χ0n) is 12.9. The fourth-order valence-electron chi connectivity index (χ4n) is 2.35. The number of methoxy groups -OCH3 is 1. The number of anilines is 2. The van der Waals surface area contributed by atoms with E-state index in [1.54, 1.807) is 18.4 Å².